The van der Waals surface area contributed by atoms with Crippen molar-refractivity contribution in [1.82, 2.24) is 9.55 Å². The van der Waals surface area contributed by atoms with Gasteiger partial charge in [-0.1, -0.05) is 17.8 Å². The molecule has 0 amide bonds. The van der Waals surface area contributed by atoms with Crippen molar-refractivity contribution in [2.24, 2.45) is 0 Å². The van der Waals surface area contributed by atoms with Crippen molar-refractivity contribution in [3.05, 3.63) is 36.7 Å². The number of hydrogen-bond donors (Lipinski definition) is 1. The minimum Gasteiger partial charge on any atom is -0.481 e. The van der Waals surface area contributed by atoms with Crippen LogP contribution in [0.2, 0.25) is 0 Å². The molecule has 0 spiro atoms. The van der Waals surface area contributed by atoms with E-state index in [2.05, 4.69) is 11.6 Å². The highest BCUT2D eigenvalue weighted by molar-refractivity contribution is 8.00. The van der Waals surface area contributed by atoms with Gasteiger partial charge in [0.2, 0.25) is 0 Å². The van der Waals surface area contributed by atoms with E-state index in [-0.39, 0.29) is 11.6 Å². The molecule has 1 heterocycles. The minimum absolute atomic E-state index is 0.0639. The Bertz CT molecular complexity index is 658. The number of aromatic nitrogens is 2. The molecule has 0 radical (unpaired) electrons. The van der Waals surface area contributed by atoms with Gasteiger partial charge in [-0.3, -0.25) is 4.79 Å². The molecule has 4 nitrogen and oxygen atoms in total. The molecule has 0 unspecified atom stereocenters. The highest BCUT2D eigenvalue weighted by atomic mass is 32.2. The highest BCUT2D eigenvalue weighted by Gasteiger charge is 2.13. The maximum absolute atomic E-state index is 13.3. The molecule has 0 fully saturated rings. The van der Waals surface area contributed by atoms with Crippen LogP contribution in [0.5, 0.6) is 0 Å². The fourth-order valence-electron chi connectivity index (χ4n) is 1.86. The third-order valence-electron chi connectivity index (χ3n) is 2.69. The van der Waals surface area contributed by atoms with Gasteiger partial charge >= 0.3 is 5.97 Å². The average Bonchev–Trinajstić information content (AvgIpc) is 2.78. The number of aliphatic carboxylic acids is 1. The lowest BCUT2D eigenvalue weighted by Gasteiger charge is -2.07. The lowest BCUT2D eigenvalue weighted by Crippen LogP contribution is -2.05. The van der Waals surface area contributed by atoms with E-state index in [1.165, 1.54) is 12.1 Å². The standard InChI is InChI=1S/C14H15FN2O2S2/c1-2-6-20-7-5-17-12-4-3-10(15)8-11(12)16-14(17)21-9-13(18)19/h2-4,8H,1,5-7,9H2,(H,18,19). The van der Waals surface area contributed by atoms with Gasteiger partial charge in [0.1, 0.15) is 5.82 Å². The third kappa shape index (κ3) is 4.25. The molecule has 2 rings (SSSR count). The zero-order valence-corrected chi connectivity index (χ0v) is 12.9. The van der Waals surface area contributed by atoms with Crippen molar-refractivity contribution < 1.29 is 14.3 Å². The molecule has 7 heteroatoms. The number of halogens is 1. The van der Waals surface area contributed by atoms with Crippen LogP contribution in [0.4, 0.5) is 4.39 Å². The van der Waals surface area contributed by atoms with E-state index in [0.29, 0.717) is 17.2 Å². The van der Waals surface area contributed by atoms with Crippen LogP contribution in [0, 0.1) is 5.82 Å². The second-order valence-corrected chi connectivity index (χ2v) is 6.32. The van der Waals surface area contributed by atoms with E-state index >= 15 is 0 Å². The number of carbonyl (C=O) groups is 1. The number of benzene rings is 1. The van der Waals surface area contributed by atoms with E-state index in [9.17, 15) is 9.18 Å². The van der Waals surface area contributed by atoms with E-state index in [1.54, 1.807) is 17.8 Å². The Kier molecular flexibility index (Phi) is 5.69. The molecular formula is C14H15FN2O2S2. The van der Waals surface area contributed by atoms with Gasteiger partial charge in [0, 0.05) is 24.1 Å². The molecule has 1 aromatic heterocycles. The van der Waals surface area contributed by atoms with Crippen molar-refractivity contribution in [3.8, 4) is 0 Å². The fraction of sp³-hybridized carbons (Fsp3) is 0.286. The summed E-state index contributed by atoms with van der Waals surface area (Å²) in [5.74, 6) is 0.411. The summed E-state index contributed by atoms with van der Waals surface area (Å²) < 4.78 is 15.2. The van der Waals surface area contributed by atoms with Crippen molar-refractivity contribution in [2.45, 2.75) is 11.7 Å². The maximum atomic E-state index is 13.3. The first kappa shape index (κ1) is 15.9. The number of carboxylic acids is 1. The van der Waals surface area contributed by atoms with Crippen LogP contribution in [0.1, 0.15) is 0 Å². The molecule has 112 valence electrons. The Balaban J connectivity index is 2.25. The molecule has 0 aliphatic carbocycles. The number of nitrogens with zero attached hydrogens (tertiary/aromatic N) is 2. The van der Waals surface area contributed by atoms with Crippen molar-refractivity contribution in [3.63, 3.8) is 0 Å². The maximum Gasteiger partial charge on any atom is 0.313 e. The van der Waals surface area contributed by atoms with Gasteiger partial charge in [0.15, 0.2) is 5.16 Å². The number of carboxylic acid groups (broad SMARTS) is 1. The molecule has 0 bridgehead atoms. The monoisotopic (exact) mass is 326 g/mol. The van der Waals surface area contributed by atoms with Crippen molar-refractivity contribution in [1.29, 1.82) is 0 Å². The summed E-state index contributed by atoms with van der Waals surface area (Å²) in [6.45, 7) is 4.37. The number of rotatable bonds is 8. The average molecular weight is 326 g/mol. The summed E-state index contributed by atoms with van der Waals surface area (Å²) in [7, 11) is 0. The number of aryl methyl sites for hydroxylation is 1. The number of imidazole rings is 1. The third-order valence-corrected chi connectivity index (χ3v) is 4.60. The number of hydrogen-bond acceptors (Lipinski definition) is 4. The molecule has 0 atom stereocenters. The van der Waals surface area contributed by atoms with Crippen LogP contribution < -0.4 is 0 Å². The minimum atomic E-state index is -0.897. The second-order valence-electron chi connectivity index (χ2n) is 4.23. The summed E-state index contributed by atoms with van der Waals surface area (Å²) >= 11 is 2.88. The predicted molar refractivity (Wildman–Crippen MR) is 85.6 cm³/mol. The predicted octanol–water partition coefficient (Wildman–Crippen LogP) is 3.27. The Morgan fingerprint density at radius 1 is 1.52 bits per heavy atom. The van der Waals surface area contributed by atoms with Crippen molar-refractivity contribution >= 4 is 40.5 Å². The molecular weight excluding hydrogens is 311 g/mol. The summed E-state index contributed by atoms with van der Waals surface area (Å²) in [5, 5.41) is 9.41. The van der Waals surface area contributed by atoms with E-state index in [1.807, 2.05) is 10.6 Å². The van der Waals surface area contributed by atoms with E-state index in [4.69, 9.17) is 5.11 Å². The van der Waals surface area contributed by atoms with Crippen LogP contribution >= 0.6 is 23.5 Å². The lowest BCUT2D eigenvalue weighted by molar-refractivity contribution is -0.133. The molecule has 0 aliphatic heterocycles. The molecule has 1 aromatic carbocycles. The van der Waals surface area contributed by atoms with Gasteiger partial charge in [-0.2, -0.15) is 11.8 Å². The molecule has 0 aliphatic rings. The van der Waals surface area contributed by atoms with Gasteiger partial charge in [-0.25, -0.2) is 9.37 Å². The van der Waals surface area contributed by atoms with Crippen LogP contribution in [-0.2, 0) is 11.3 Å². The normalized spacial score (nSPS) is 10.9. The molecule has 1 N–H and O–H groups in total. The molecule has 21 heavy (non-hydrogen) atoms. The van der Waals surface area contributed by atoms with Gasteiger partial charge in [0.05, 0.1) is 16.8 Å². The first-order chi connectivity index (χ1) is 10.1. The number of thioether (sulfide) groups is 2. The van der Waals surface area contributed by atoms with Crippen LogP contribution in [0.15, 0.2) is 36.0 Å². The lowest BCUT2D eigenvalue weighted by atomic mass is 10.3. The van der Waals surface area contributed by atoms with E-state index in [0.717, 1.165) is 28.8 Å². The van der Waals surface area contributed by atoms with Gasteiger partial charge in [0.25, 0.3) is 0 Å². The summed E-state index contributed by atoms with van der Waals surface area (Å²) in [6, 6.07) is 4.44. The van der Waals surface area contributed by atoms with Gasteiger partial charge in [-0.05, 0) is 12.1 Å². The topological polar surface area (TPSA) is 55.1 Å². The zero-order valence-electron chi connectivity index (χ0n) is 11.3. The number of fused-ring (bicyclic) bond motifs is 1. The highest BCUT2D eigenvalue weighted by Crippen LogP contribution is 2.25. The molecule has 2 aromatic rings. The quantitative estimate of drug-likeness (QED) is 0.458. The fourth-order valence-corrected chi connectivity index (χ4v) is 3.26. The summed E-state index contributed by atoms with van der Waals surface area (Å²) in [5.41, 5.74) is 1.38. The Morgan fingerprint density at radius 2 is 2.33 bits per heavy atom. The largest absolute Gasteiger partial charge is 0.481 e. The summed E-state index contributed by atoms with van der Waals surface area (Å²) in [4.78, 5) is 15.1. The first-order valence-electron chi connectivity index (χ1n) is 6.31. The van der Waals surface area contributed by atoms with Crippen LogP contribution in [-0.4, -0.2) is 37.9 Å². The van der Waals surface area contributed by atoms with Gasteiger partial charge < -0.3 is 9.67 Å². The van der Waals surface area contributed by atoms with Crippen LogP contribution in [0.25, 0.3) is 11.0 Å². The zero-order chi connectivity index (χ0) is 15.2. The molecule has 0 saturated carbocycles. The molecule has 0 saturated heterocycles. The van der Waals surface area contributed by atoms with E-state index < -0.39 is 5.97 Å². The Morgan fingerprint density at radius 3 is 3.05 bits per heavy atom. The summed E-state index contributed by atoms with van der Waals surface area (Å²) in [6.07, 6.45) is 1.84. The first-order valence-corrected chi connectivity index (χ1v) is 8.45. The van der Waals surface area contributed by atoms with Crippen molar-refractivity contribution in [2.75, 3.05) is 17.3 Å². The van der Waals surface area contributed by atoms with Crippen LogP contribution in [0.3, 0.4) is 0 Å². The Labute approximate surface area is 130 Å². The van der Waals surface area contributed by atoms with Gasteiger partial charge in [-0.15, -0.1) is 6.58 Å². The SMILES string of the molecule is C=CCSCCn1c(SCC(=O)O)nc2cc(F)ccc21. The Hall–Kier alpha value is -1.47. The smallest absolute Gasteiger partial charge is 0.313 e. The second kappa shape index (κ2) is 7.51.